The molecule has 0 bridgehead atoms. The highest BCUT2D eigenvalue weighted by atomic mass is 32.2. The maximum Gasteiger partial charge on any atom is 0.263 e. The molecule has 3 heterocycles. The van der Waals surface area contributed by atoms with Crippen molar-refractivity contribution in [1.82, 2.24) is 9.55 Å². The first-order valence-electron chi connectivity index (χ1n) is 9.07. The fourth-order valence-corrected chi connectivity index (χ4v) is 5.97. The van der Waals surface area contributed by atoms with Crippen LogP contribution in [0.3, 0.4) is 0 Å². The molecule has 4 rings (SSSR count). The van der Waals surface area contributed by atoms with Crippen LogP contribution in [0.4, 0.5) is 0 Å². The number of thioether (sulfide) groups is 1. The van der Waals surface area contributed by atoms with Gasteiger partial charge in [-0.25, -0.2) is 4.98 Å². The van der Waals surface area contributed by atoms with Crippen molar-refractivity contribution in [3.63, 3.8) is 0 Å². The fraction of sp³-hybridized carbons (Fsp3) is 0.579. The highest BCUT2D eigenvalue weighted by Crippen LogP contribution is 2.36. The molecule has 1 aliphatic carbocycles. The summed E-state index contributed by atoms with van der Waals surface area (Å²) < 4.78 is 7.64. The van der Waals surface area contributed by atoms with Crippen LogP contribution in [0, 0.1) is 5.92 Å². The van der Waals surface area contributed by atoms with Gasteiger partial charge in [0.15, 0.2) is 5.16 Å². The Balaban J connectivity index is 1.82. The zero-order valence-electron chi connectivity index (χ0n) is 14.6. The molecule has 6 heteroatoms. The molecule has 0 aromatic carbocycles. The number of ether oxygens (including phenoxy) is 1. The standard InChI is InChI=1S/C19H24N2O2S2/c1-3-9-24-19-20-17-16(14-7-6-12(2)10-15(14)25-17)18(22)21(19)11-13-5-4-8-23-13/h3,12-13H,1,4-11H2,2H3. The van der Waals surface area contributed by atoms with E-state index in [2.05, 4.69) is 13.5 Å². The summed E-state index contributed by atoms with van der Waals surface area (Å²) >= 11 is 3.31. The van der Waals surface area contributed by atoms with Gasteiger partial charge in [0.05, 0.1) is 18.0 Å². The van der Waals surface area contributed by atoms with Gasteiger partial charge in [-0.3, -0.25) is 9.36 Å². The smallest absolute Gasteiger partial charge is 0.263 e. The van der Waals surface area contributed by atoms with Gasteiger partial charge in [-0.1, -0.05) is 24.8 Å². The number of hydrogen-bond donors (Lipinski definition) is 0. The Morgan fingerprint density at radius 3 is 3.12 bits per heavy atom. The Morgan fingerprint density at radius 1 is 1.48 bits per heavy atom. The first-order chi connectivity index (χ1) is 12.2. The molecule has 0 radical (unpaired) electrons. The summed E-state index contributed by atoms with van der Waals surface area (Å²) in [7, 11) is 0. The number of aromatic nitrogens is 2. The maximum absolute atomic E-state index is 13.3. The van der Waals surface area contributed by atoms with E-state index >= 15 is 0 Å². The lowest BCUT2D eigenvalue weighted by Crippen LogP contribution is -2.29. The van der Waals surface area contributed by atoms with Crippen molar-refractivity contribution in [3.05, 3.63) is 33.4 Å². The van der Waals surface area contributed by atoms with Crippen LogP contribution < -0.4 is 5.56 Å². The topological polar surface area (TPSA) is 44.1 Å². The van der Waals surface area contributed by atoms with Gasteiger partial charge in [0.1, 0.15) is 4.83 Å². The van der Waals surface area contributed by atoms with E-state index in [1.165, 1.54) is 10.4 Å². The molecule has 0 spiro atoms. The third-order valence-corrected chi connectivity index (χ3v) is 7.24. The highest BCUT2D eigenvalue weighted by molar-refractivity contribution is 7.99. The van der Waals surface area contributed by atoms with E-state index in [9.17, 15) is 4.79 Å². The second-order valence-electron chi connectivity index (χ2n) is 7.08. The lowest BCUT2D eigenvalue weighted by atomic mass is 9.89. The predicted octanol–water partition coefficient (Wildman–Crippen LogP) is 4.04. The molecule has 2 unspecified atom stereocenters. The summed E-state index contributed by atoms with van der Waals surface area (Å²) in [5, 5.41) is 1.67. The van der Waals surface area contributed by atoms with E-state index in [0.29, 0.717) is 12.5 Å². The van der Waals surface area contributed by atoms with Crippen molar-refractivity contribution in [2.75, 3.05) is 12.4 Å². The van der Waals surface area contributed by atoms with Crippen molar-refractivity contribution >= 4 is 33.3 Å². The van der Waals surface area contributed by atoms with Crippen molar-refractivity contribution in [2.24, 2.45) is 5.92 Å². The fourth-order valence-electron chi connectivity index (χ4n) is 3.80. The minimum absolute atomic E-state index is 0.124. The molecule has 0 saturated carbocycles. The monoisotopic (exact) mass is 376 g/mol. The van der Waals surface area contributed by atoms with Crippen molar-refractivity contribution in [2.45, 2.75) is 56.8 Å². The van der Waals surface area contributed by atoms with E-state index in [1.54, 1.807) is 23.1 Å². The van der Waals surface area contributed by atoms with Gasteiger partial charge in [0.25, 0.3) is 5.56 Å². The van der Waals surface area contributed by atoms with Crippen LogP contribution in [0.5, 0.6) is 0 Å². The summed E-state index contributed by atoms with van der Waals surface area (Å²) in [4.78, 5) is 20.5. The van der Waals surface area contributed by atoms with Crippen molar-refractivity contribution in [3.8, 4) is 0 Å². The van der Waals surface area contributed by atoms with Gasteiger partial charge in [0.2, 0.25) is 0 Å². The number of hydrogen-bond acceptors (Lipinski definition) is 5. The Hall–Kier alpha value is -1.11. The predicted molar refractivity (Wildman–Crippen MR) is 105 cm³/mol. The van der Waals surface area contributed by atoms with Gasteiger partial charge in [-0.15, -0.1) is 17.9 Å². The minimum Gasteiger partial charge on any atom is -0.376 e. The molecule has 1 fully saturated rings. The second-order valence-corrected chi connectivity index (χ2v) is 9.15. The Kier molecular flexibility index (Phi) is 5.02. The van der Waals surface area contributed by atoms with E-state index in [0.717, 1.165) is 59.8 Å². The van der Waals surface area contributed by atoms with E-state index in [-0.39, 0.29) is 11.7 Å². The molecular weight excluding hydrogens is 352 g/mol. The van der Waals surface area contributed by atoms with Crippen LogP contribution in [0.15, 0.2) is 22.6 Å². The van der Waals surface area contributed by atoms with Crippen LogP contribution in [0.2, 0.25) is 0 Å². The lowest BCUT2D eigenvalue weighted by molar-refractivity contribution is 0.0937. The van der Waals surface area contributed by atoms with E-state index < -0.39 is 0 Å². The summed E-state index contributed by atoms with van der Waals surface area (Å²) in [6.07, 6.45) is 7.35. The van der Waals surface area contributed by atoms with Crippen LogP contribution in [0.1, 0.15) is 36.6 Å². The number of nitrogens with zero attached hydrogens (tertiary/aromatic N) is 2. The average Bonchev–Trinajstić information content (AvgIpc) is 3.22. The molecular formula is C19H24N2O2S2. The highest BCUT2D eigenvalue weighted by Gasteiger charge is 2.26. The lowest BCUT2D eigenvalue weighted by Gasteiger charge is -2.18. The summed E-state index contributed by atoms with van der Waals surface area (Å²) in [6.45, 7) is 7.51. The Morgan fingerprint density at radius 2 is 2.36 bits per heavy atom. The SMILES string of the molecule is C=CCSc1nc2sc3c(c2c(=O)n1CC1CCCO1)CCC(C)C3. The number of fused-ring (bicyclic) bond motifs is 3. The molecule has 1 aliphatic heterocycles. The zero-order valence-corrected chi connectivity index (χ0v) is 16.3. The number of aryl methyl sites for hydroxylation is 1. The molecule has 0 amide bonds. The van der Waals surface area contributed by atoms with Gasteiger partial charge < -0.3 is 4.74 Å². The van der Waals surface area contributed by atoms with Gasteiger partial charge in [-0.05, 0) is 43.6 Å². The van der Waals surface area contributed by atoms with Crippen molar-refractivity contribution in [1.29, 1.82) is 0 Å². The molecule has 2 aromatic heterocycles. The van der Waals surface area contributed by atoms with Gasteiger partial charge in [0, 0.05) is 17.2 Å². The number of thiophene rings is 1. The Bertz CT molecular complexity index is 849. The van der Waals surface area contributed by atoms with Crippen LogP contribution >= 0.6 is 23.1 Å². The largest absolute Gasteiger partial charge is 0.376 e. The summed E-state index contributed by atoms with van der Waals surface area (Å²) in [5.74, 6) is 1.45. The molecule has 2 aliphatic rings. The molecule has 2 aromatic rings. The first kappa shape index (κ1) is 17.3. The van der Waals surface area contributed by atoms with Crippen molar-refractivity contribution < 1.29 is 4.74 Å². The third-order valence-electron chi connectivity index (χ3n) is 5.12. The number of rotatable bonds is 5. The molecule has 0 N–H and O–H groups in total. The average molecular weight is 377 g/mol. The second kappa shape index (κ2) is 7.25. The zero-order chi connectivity index (χ0) is 17.4. The van der Waals surface area contributed by atoms with Gasteiger partial charge in [-0.2, -0.15) is 0 Å². The van der Waals surface area contributed by atoms with Crippen LogP contribution in [-0.2, 0) is 24.1 Å². The minimum atomic E-state index is 0.124. The quantitative estimate of drug-likeness (QED) is 0.449. The van der Waals surface area contributed by atoms with Crippen LogP contribution in [0.25, 0.3) is 10.2 Å². The van der Waals surface area contributed by atoms with Gasteiger partial charge >= 0.3 is 0 Å². The third kappa shape index (κ3) is 3.32. The Labute approximate surface area is 156 Å². The first-order valence-corrected chi connectivity index (χ1v) is 10.9. The van der Waals surface area contributed by atoms with Crippen LogP contribution in [-0.4, -0.2) is 28.0 Å². The van der Waals surface area contributed by atoms with E-state index in [4.69, 9.17) is 9.72 Å². The molecule has 2 atom stereocenters. The summed E-state index contributed by atoms with van der Waals surface area (Å²) in [6, 6.07) is 0. The maximum atomic E-state index is 13.3. The molecule has 4 nitrogen and oxygen atoms in total. The molecule has 134 valence electrons. The molecule has 1 saturated heterocycles. The normalized spacial score (nSPS) is 23.1. The molecule has 25 heavy (non-hydrogen) atoms. The van der Waals surface area contributed by atoms with E-state index in [1.807, 2.05) is 10.6 Å². The summed E-state index contributed by atoms with van der Waals surface area (Å²) in [5.41, 5.74) is 1.39.